The van der Waals surface area contributed by atoms with Gasteiger partial charge < -0.3 is 20.6 Å². The van der Waals surface area contributed by atoms with Gasteiger partial charge in [-0.2, -0.15) is 0 Å². The van der Waals surface area contributed by atoms with Crippen LogP contribution in [0.4, 0.5) is 23.7 Å². The second-order valence-corrected chi connectivity index (χ2v) is 10.7. The van der Waals surface area contributed by atoms with Gasteiger partial charge in [-0.05, 0) is 42.3 Å². The lowest BCUT2D eigenvalue weighted by Gasteiger charge is -2.38. The molecule has 0 bridgehead atoms. The topological polar surface area (TPSA) is 106 Å². The molecule has 2 saturated heterocycles. The van der Waals surface area contributed by atoms with Gasteiger partial charge in [-0.15, -0.1) is 0 Å². The fourth-order valence-electron chi connectivity index (χ4n) is 4.98. The first kappa shape index (κ1) is 30.4. The molecular formula is C29H32ClF3N4O4. The van der Waals surface area contributed by atoms with Gasteiger partial charge in [-0.1, -0.05) is 24.9 Å². The van der Waals surface area contributed by atoms with Crippen molar-refractivity contribution < 1.29 is 32.6 Å². The summed E-state index contributed by atoms with van der Waals surface area (Å²) in [6.07, 6.45) is 2.04. The van der Waals surface area contributed by atoms with Gasteiger partial charge in [0.05, 0.1) is 12.1 Å². The molecule has 2 fully saturated rings. The van der Waals surface area contributed by atoms with Gasteiger partial charge in [-0.3, -0.25) is 9.80 Å². The maximum Gasteiger partial charge on any atom is 0.415 e. The molecule has 2 heterocycles. The van der Waals surface area contributed by atoms with Crippen LogP contribution in [0.25, 0.3) is 0 Å². The molecule has 2 aromatic rings. The molecule has 0 radical (unpaired) electrons. The minimum absolute atomic E-state index is 0.0209. The number of rotatable bonds is 11. The maximum atomic E-state index is 14.3. The second kappa shape index (κ2) is 12.9. The largest absolute Gasteiger partial charge is 0.478 e. The summed E-state index contributed by atoms with van der Waals surface area (Å²) in [5.74, 6) is -4.47. The van der Waals surface area contributed by atoms with Gasteiger partial charge in [0, 0.05) is 68.5 Å². The Morgan fingerprint density at radius 3 is 2.41 bits per heavy atom. The third kappa shape index (κ3) is 7.20. The Labute approximate surface area is 241 Å². The first-order chi connectivity index (χ1) is 19.5. The number of anilines is 1. The fraction of sp³-hybridized carbons (Fsp3) is 0.414. The van der Waals surface area contributed by atoms with Gasteiger partial charge >= 0.3 is 12.1 Å². The van der Waals surface area contributed by atoms with Crippen LogP contribution in [0.1, 0.15) is 48.5 Å². The number of carbonyl (C=O) groups is 2. The number of nitrogens with zero attached hydrogens (tertiary/aromatic N) is 2. The summed E-state index contributed by atoms with van der Waals surface area (Å²) >= 11 is 6.58. The van der Waals surface area contributed by atoms with Crippen LogP contribution in [-0.2, 0) is 11.2 Å². The number of carboxylic acids is 1. The molecule has 0 unspecified atom stereocenters. The van der Waals surface area contributed by atoms with E-state index < -0.39 is 35.1 Å². The molecule has 1 spiro atoms. The van der Waals surface area contributed by atoms with E-state index in [1.807, 2.05) is 6.92 Å². The lowest BCUT2D eigenvalue weighted by Crippen LogP contribution is -2.47. The number of unbranched alkanes of at least 4 members (excludes halogenated alkanes) is 1. The summed E-state index contributed by atoms with van der Waals surface area (Å²) in [5, 5.41) is 21.1. The predicted octanol–water partition coefficient (Wildman–Crippen LogP) is 5.70. The van der Waals surface area contributed by atoms with E-state index in [4.69, 9.17) is 26.9 Å². The second-order valence-electron chi connectivity index (χ2n) is 10.4. The highest BCUT2D eigenvalue weighted by molar-refractivity contribution is 6.31. The van der Waals surface area contributed by atoms with E-state index in [-0.39, 0.29) is 35.0 Å². The number of carbonyl (C=O) groups excluding carboxylic acids is 1. The van der Waals surface area contributed by atoms with Crippen molar-refractivity contribution in [1.29, 1.82) is 5.41 Å². The highest BCUT2D eigenvalue weighted by Crippen LogP contribution is 2.36. The lowest BCUT2D eigenvalue weighted by atomic mass is 9.90. The zero-order valence-corrected chi connectivity index (χ0v) is 23.4. The number of halogens is 4. The fourth-order valence-corrected chi connectivity index (χ4v) is 5.25. The Kier molecular flexibility index (Phi) is 9.60. The molecule has 2 aliphatic heterocycles. The molecule has 0 aliphatic carbocycles. The van der Waals surface area contributed by atoms with E-state index in [0.717, 1.165) is 18.9 Å². The van der Waals surface area contributed by atoms with E-state index in [0.29, 0.717) is 56.3 Å². The van der Waals surface area contributed by atoms with Crippen LogP contribution in [0.3, 0.4) is 0 Å². The van der Waals surface area contributed by atoms with Gasteiger partial charge in [0.1, 0.15) is 16.6 Å². The van der Waals surface area contributed by atoms with E-state index in [9.17, 15) is 22.8 Å². The number of carboxylic acid groups (broad SMARTS) is 1. The number of benzene rings is 2. The van der Waals surface area contributed by atoms with Crippen LogP contribution in [-0.4, -0.2) is 66.1 Å². The first-order valence-corrected chi connectivity index (χ1v) is 13.8. The summed E-state index contributed by atoms with van der Waals surface area (Å²) in [6.45, 7) is 4.22. The van der Waals surface area contributed by atoms with Crippen LogP contribution in [0.15, 0.2) is 47.1 Å². The van der Waals surface area contributed by atoms with Gasteiger partial charge in [0.25, 0.3) is 0 Å². The van der Waals surface area contributed by atoms with Crippen LogP contribution >= 0.6 is 11.6 Å². The third-order valence-electron chi connectivity index (χ3n) is 7.44. The Morgan fingerprint density at radius 1 is 1.12 bits per heavy atom. The molecule has 41 heavy (non-hydrogen) atoms. The normalized spacial score (nSPS) is 17.4. The monoisotopic (exact) mass is 592 g/mol. The van der Waals surface area contributed by atoms with E-state index >= 15 is 0 Å². The van der Waals surface area contributed by atoms with Gasteiger partial charge in [-0.25, -0.2) is 22.8 Å². The Balaban J connectivity index is 1.44. The van der Waals surface area contributed by atoms with Crippen LogP contribution in [0.2, 0.25) is 0 Å². The summed E-state index contributed by atoms with van der Waals surface area (Å²) in [5.41, 5.74) is 0.213. The molecule has 2 aromatic carbocycles. The molecular weight excluding hydrogens is 561 g/mol. The first-order valence-electron chi connectivity index (χ1n) is 13.4. The van der Waals surface area contributed by atoms with Crippen LogP contribution in [0, 0.1) is 22.9 Å². The number of likely N-dealkylation sites (tertiary alicyclic amines) is 1. The number of hydrogen-bond donors (Lipinski definition) is 3. The summed E-state index contributed by atoms with van der Waals surface area (Å²) < 4.78 is 47.3. The van der Waals surface area contributed by atoms with Crippen molar-refractivity contribution >= 4 is 35.1 Å². The van der Waals surface area contributed by atoms with Gasteiger partial charge in [0.2, 0.25) is 0 Å². The molecule has 3 N–H and O–H groups in total. The van der Waals surface area contributed by atoms with Crippen molar-refractivity contribution in [3.8, 4) is 0 Å². The predicted molar refractivity (Wildman–Crippen MR) is 149 cm³/mol. The summed E-state index contributed by atoms with van der Waals surface area (Å²) in [7, 11) is 0. The average molecular weight is 593 g/mol. The number of amides is 1. The zero-order chi connectivity index (χ0) is 29.7. The molecule has 1 amide bonds. The molecule has 0 aromatic heterocycles. The highest BCUT2D eigenvalue weighted by Gasteiger charge is 2.47. The standard InChI is InChI=1S/C29H32ClF3N4O4/c1-2-3-10-35-26(30)21(25(34)14-19-13-23(32)24(33)15-22(19)31)16-36-11-8-29(9-12-36)17-37(28(40)41-29)20-6-4-18(5-7-20)27(38)39/h4-7,13,15,34-35H,2-3,8-12,14,16-17H2,1H3,(H,38,39)/b26-21-,34-25?. The minimum atomic E-state index is -1.29. The molecule has 220 valence electrons. The number of hydrogen-bond acceptors (Lipinski definition) is 6. The van der Waals surface area contributed by atoms with E-state index in [1.165, 1.54) is 17.0 Å². The van der Waals surface area contributed by atoms with Crippen LogP contribution in [0.5, 0.6) is 0 Å². The molecule has 4 rings (SSSR count). The molecule has 0 atom stereocenters. The molecule has 8 nitrogen and oxygen atoms in total. The quantitative estimate of drug-likeness (QED) is 0.134. The minimum Gasteiger partial charge on any atom is -0.478 e. The molecule has 2 aliphatic rings. The number of piperidine rings is 1. The summed E-state index contributed by atoms with van der Waals surface area (Å²) in [6, 6.07) is 7.25. The SMILES string of the molecule is CCCCN/C(Cl)=C(/CN1CCC2(CC1)CN(c1ccc(C(=O)O)cc1)C(=O)O2)C(=N)Cc1cc(F)c(F)cc1F. The number of aromatic carboxylic acids is 1. The zero-order valence-electron chi connectivity index (χ0n) is 22.6. The average Bonchev–Trinajstić information content (AvgIpc) is 3.26. The molecule has 12 heteroatoms. The summed E-state index contributed by atoms with van der Waals surface area (Å²) in [4.78, 5) is 27.4. The van der Waals surface area contributed by atoms with Crippen molar-refractivity contribution in [2.45, 2.75) is 44.6 Å². The van der Waals surface area contributed by atoms with Crippen molar-refractivity contribution in [3.63, 3.8) is 0 Å². The van der Waals surface area contributed by atoms with Gasteiger partial charge in [0.15, 0.2) is 11.6 Å². The Morgan fingerprint density at radius 2 is 1.78 bits per heavy atom. The number of nitrogens with one attached hydrogen (secondary N) is 2. The highest BCUT2D eigenvalue weighted by atomic mass is 35.5. The van der Waals surface area contributed by atoms with Crippen molar-refractivity contribution in [2.75, 3.05) is 37.6 Å². The Bertz CT molecular complexity index is 1340. The smallest absolute Gasteiger partial charge is 0.415 e. The lowest BCUT2D eigenvalue weighted by molar-refractivity contribution is 0.00325. The number of ether oxygens (including phenoxy) is 1. The van der Waals surface area contributed by atoms with Crippen molar-refractivity contribution in [1.82, 2.24) is 10.2 Å². The van der Waals surface area contributed by atoms with Crippen LogP contribution < -0.4 is 10.2 Å². The van der Waals surface area contributed by atoms with Crippen molar-refractivity contribution in [3.05, 3.63) is 75.7 Å². The molecule has 0 saturated carbocycles. The third-order valence-corrected chi connectivity index (χ3v) is 7.80. The Hall–Kier alpha value is -3.57. The van der Waals surface area contributed by atoms with Crippen molar-refractivity contribution in [2.24, 2.45) is 0 Å². The maximum absolute atomic E-state index is 14.3. The van der Waals surface area contributed by atoms with E-state index in [2.05, 4.69) is 10.2 Å². The van der Waals surface area contributed by atoms with E-state index in [1.54, 1.807) is 12.1 Å².